The lowest BCUT2D eigenvalue weighted by Crippen LogP contribution is -2.35. The molecule has 0 fully saturated rings. The number of amides is 1. The maximum absolute atomic E-state index is 11.8. The number of esters is 1. The standard InChI is InChI=1S/C12H23NO4/c1-4-5-6-11(14)13(9-10-16-2)8-7-12(15)17-3/h4-10H2,1-3H3. The molecule has 0 bridgehead atoms. The number of carbonyl (C=O) groups is 2. The van der Waals surface area contributed by atoms with Gasteiger partial charge >= 0.3 is 5.97 Å². The third kappa shape index (κ3) is 7.74. The van der Waals surface area contributed by atoms with Crippen LogP contribution in [0.3, 0.4) is 0 Å². The van der Waals surface area contributed by atoms with Gasteiger partial charge in [0.25, 0.3) is 0 Å². The van der Waals surface area contributed by atoms with Crippen molar-refractivity contribution >= 4 is 11.9 Å². The third-order valence-corrected chi connectivity index (χ3v) is 2.48. The molecule has 5 heteroatoms. The molecule has 0 aromatic rings. The van der Waals surface area contributed by atoms with Gasteiger partial charge in [0.2, 0.25) is 5.91 Å². The molecular formula is C12H23NO4. The highest BCUT2D eigenvalue weighted by atomic mass is 16.5. The molecule has 0 aliphatic rings. The predicted molar refractivity (Wildman–Crippen MR) is 64.6 cm³/mol. The monoisotopic (exact) mass is 245 g/mol. The second-order valence-corrected chi connectivity index (χ2v) is 3.80. The zero-order valence-electron chi connectivity index (χ0n) is 11.0. The van der Waals surface area contributed by atoms with E-state index < -0.39 is 0 Å². The first kappa shape index (κ1) is 15.9. The van der Waals surface area contributed by atoms with Crippen molar-refractivity contribution in [2.24, 2.45) is 0 Å². The summed E-state index contributed by atoms with van der Waals surface area (Å²) in [6.07, 6.45) is 2.63. The quantitative estimate of drug-likeness (QED) is 0.573. The number of unbranched alkanes of at least 4 members (excludes halogenated alkanes) is 1. The molecule has 0 atom stereocenters. The van der Waals surface area contributed by atoms with Crippen molar-refractivity contribution < 1.29 is 19.1 Å². The van der Waals surface area contributed by atoms with Crippen molar-refractivity contribution in [2.45, 2.75) is 32.6 Å². The first-order valence-corrected chi connectivity index (χ1v) is 5.99. The van der Waals surface area contributed by atoms with Crippen molar-refractivity contribution in [2.75, 3.05) is 33.9 Å². The minimum Gasteiger partial charge on any atom is -0.469 e. The van der Waals surface area contributed by atoms with Crippen LogP contribution in [-0.2, 0) is 19.1 Å². The Labute approximate surface area is 103 Å². The van der Waals surface area contributed by atoms with Crippen LogP contribution in [0.15, 0.2) is 0 Å². The second-order valence-electron chi connectivity index (χ2n) is 3.80. The van der Waals surface area contributed by atoms with Gasteiger partial charge in [0.15, 0.2) is 0 Å². The number of methoxy groups -OCH3 is 2. The highest BCUT2D eigenvalue weighted by Gasteiger charge is 2.14. The number of ether oxygens (including phenoxy) is 2. The predicted octanol–water partition coefficient (Wildman–Crippen LogP) is 1.21. The number of carbonyl (C=O) groups excluding carboxylic acids is 2. The molecule has 17 heavy (non-hydrogen) atoms. The van der Waals surface area contributed by atoms with Crippen molar-refractivity contribution in [1.82, 2.24) is 4.90 Å². The first-order valence-electron chi connectivity index (χ1n) is 5.99. The van der Waals surface area contributed by atoms with E-state index in [2.05, 4.69) is 4.74 Å². The minimum atomic E-state index is -0.296. The Morgan fingerprint density at radius 1 is 1.12 bits per heavy atom. The Kier molecular flexibility index (Phi) is 9.43. The minimum absolute atomic E-state index is 0.0767. The van der Waals surface area contributed by atoms with Crippen LogP contribution in [0.1, 0.15) is 32.6 Å². The van der Waals surface area contributed by atoms with E-state index in [9.17, 15) is 9.59 Å². The number of hydrogen-bond acceptors (Lipinski definition) is 4. The van der Waals surface area contributed by atoms with Crippen LogP contribution >= 0.6 is 0 Å². The van der Waals surface area contributed by atoms with E-state index in [-0.39, 0.29) is 18.3 Å². The Balaban J connectivity index is 4.11. The maximum Gasteiger partial charge on any atom is 0.307 e. The SMILES string of the molecule is CCCCC(=O)N(CCOC)CCC(=O)OC. The van der Waals surface area contributed by atoms with Crippen molar-refractivity contribution in [3.05, 3.63) is 0 Å². The molecule has 0 spiro atoms. The molecule has 0 aromatic carbocycles. The largest absolute Gasteiger partial charge is 0.469 e. The van der Waals surface area contributed by atoms with Crippen LogP contribution in [0.4, 0.5) is 0 Å². The van der Waals surface area contributed by atoms with Gasteiger partial charge in [-0.3, -0.25) is 9.59 Å². The maximum atomic E-state index is 11.8. The molecule has 0 rings (SSSR count). The fourth-order valence-electron chi connectivity index (χ4n) is 1.38. The summed E-state index contributed by atoms with van der Waals surface area (Å²) in [5, 5.41) is 0. The van der Waals surface area contributed by atoms with Crippen LogP contribution in [0.5, 0.6) is 0 Å². The number of rotatable bonds is 9. The van der Waals surface area contributed by atoms with Gasteiger partial charge < -0.3 is 14.4 Å². The van der Waals surface area contributed by atoms with Crippen molar-refractivity contribution in [3.8, 4) is 0 Å². The lowest BCUT2D eigenvalue weighted by molar-refractivity contribution is -0.142. The molecule has 0 saturated heterocycles. The smallest absolute Gasteiger partial charge is 0.307 e. The van der Waals surface area contributed by atoms with Crippen LogP contribution in [0.2, 0.25) is 0 Å². The first-order chi connectivity index (χ1) is 8.15. The lowest BCUT2D eigenvalue weighted by Gasteiger charge is -2.21. The Hall–Kier alpha value is -1.10. The Morgan fingerprint density at radius 3 is 2.35 bits per heavy atom. The second kappa shape index (κ2) is 10.1. The molecule has 0 saturated carbocycles. The zero-order valence-corrected chi connectivity index (χ0v) is 11.0. The summed E-state index contributed by atoms with van der Waals surface area (Å²) < 4.78 is 9.51. The summed E-state index contributed by atoms with van der Waals surface area (Å²) in [5.74, 6) is -0.219. The van der Waals surface area contributed by atoms with E-state index >= 15 is 0 Å². The average Bonchev–Trinajstić information content (AvgIpc) is 2.35. The van der Waals surface area contributed by atoms with Gasteiger partial charge in [0.1, 0.15) is 0 Å². The summed E-state index contributed by atoms with van der Waals surface area (Å²) in [4.78, 5) is 24.5. The van der Waals surface area contributed by atoms with E-state index in [1.807, 2.05) is 6.92 Å². The van der Waals surface area contributed by atoms with E-state index in [0.717, 1.165) is 12.8 Å². The number of nitrogens with zero attached hydrogens (tertiary/aromatic N) is 1. The van der Waals surface area contributed by atoms with Gasteiger partial charge in [-0.1, -0.05) is 13.3 Å². The van der Waals surface area contributed by atoms with Gasteiger partial charge in [-0.2, -0.15) is 0 Å². The van der Waals surface area contributed by atoms with Crippen molar-refractivity contribution in [3.63, 3.8) is 0 Å². The highest BCUT2D eigenvalue weighted by molar-refractivity contribution is 5.77. The fourth-order valence-corrected chi connectivity index (χ4v) is 1.38. The van der Waals surface area contributed by atoms with Crippen LogP contribution in [0, 0.1) is 0 Å². The topological polar surface area (TPSA) is 55.8 Å². The molecule has 1 amide bonds. The summed E-state index contributed by atoms with van der Waals surface area (Å²) in [6, 6.07) is 0. The van der Waals surface area contributed by atoms with Crippen LogP contribution in [0.25, 0.3) is 0 Å². The molecule has 5 nitrogen and oxygen atoms in total. The van der Waals surface area contributed by atoms with Crippen molar-refractivity contribution in [1.29, 1.82) is 0 Å². The van der Waals surface area contributed by atoms with Gasteiger partial charge in [0, 0.05) is 26.6 Å². The van der Waals surface area contributed by atoms with E-state index in [1.165, 1.54) is 7.11 Å². The summed E-state index contributed by atoms with van der Waals surface area (Å²) in [6.45, 7) is 3.45. The van der Waals surface area contributed by atoms with Gasteiger partial charge in [-0.05, 0) is 6.42 Å². The Bertz CT molecular complexity index is 231. The molecule has 0 aliphatic heterocycles. The van der Waals surface area contributed by atoms with E-state index in [0.29, 0.717) is 26.1 Å². The molecule has 0 heterocycles. The van der Waals surface area contributed by atoms with Gasteiger partial charge in [0.05, 0.1) is 20.1 Å². The van der Waals surface area contributed by atoms with E-state index in [4.69, 9.17) is 4.74 Å². The van der Waals surface area contributed by atoms with Crippen LogP contribution < -0.4 is 0 Å². The summed E-state index contributed by atoms with van der Waals surface area (Å²) in [7, 11) is 2.94. The summed E-state index contributed by atoms with van der Waals surface area (Å²) >= 11 is 0. The molecule has 0 radical (unpaired) electrons. The number of hydrogen-bond donors (Lipinski definition) is 0. The lowest BCUT2D eigenvalue weighted by atomic mass is 10.2. The van der Waals surface area contributed by atoms with Gasteiger partial charge in [-0.25, -0.2) is 0 Å². The van der Waals surface area contributed by atoms with E-state index in [1.54, 1.807) is 12.0 Å². The molecule has 0 aromatic heterocycles. The summed E-state index contributed by atoms with van der Waals surface area (Å²) in [5.41, 5.74) is 0. The molecule has 100 valence electrons. The normalized spacial score (nSPS) is 10.1. The van der Waals surface area contributed by atoms with Crippen LogP contribution in [-0.4, -0.2) is 50.7 Å². The highest BCUT2D eigenvalue weighted by Crippen LogP contribution is 2.02. The Morgan fingerprint density at radius 2 is 1.82 bits per heavy atom. The zero-order chi connectivity index (χ0) is 13.1. The average molecular weight is 245 g/mol. The molecular weight excluding hydrogens is 222 g/mol. The fraction of sp³-hybridized carbons (Fsp3) is 0.833. The molecule has 0 N–H and O–H groups in total. The molecule has 0 aliphatic carbocycles. The van der Waals surface area contributed by atoms with Gasteiger partial charge in [-0.15, -0.1) is 0 Å². The molecule has 0 unspecified atom stereocenters. The third-order valence-electron chi connectivity index (χ3n) is 2.48.